The van der Waals surface area contributed by atoms with E-state index in [1.165, 1.54) is 0 Å². The van der Waals surface area contributed by atoms with Gasteiger partial charge in [0.25, 0.3) is 0 Å². The number of hydrogen-bond donors (Lipinski definition) is 1. The Morgan fingerprint density at radius 1 is 1.31 bits per heavy atom. The predicted molar refractivity (Wildman–Crippen MR) is 64.1 cm³/mol. The molecule has 1 nitrogen and oxygen atoms in total. The van der Waals surface area contributed by atoms with Gasteiger partial charge in [0.2, 0.25) is 0 Å². The first-order valence-corrected chi connectivity index (χ1v) is 5.89. The predicted octanol–water partition coefficient (Wildman–Crippen LogP) is 3.05. The number of allylic oxidation sites excluding steroid dienone is 1. The second kappa shape index (κ2) is 6.14. The molecule has 0 heterocycles. The molecule has 1 atom stereocenters. The zero-order valence-corrected chi connectivity index (χ0v) is 10.1. The summed E-state index contributed by atoms with van der Waals surface area (Å²) < 4.78 is 0.137. The van der Waals surface area contributed by atoms with Crippen LogP contribution in [-0.2, 0) is 0 Å². The minimum atomic E-state index is 0.137. The van der Waals surface area contributed by atoms with Crippen molar-refractivity contribution < 1.29 is 0 Å². The molecule has 0 aliphatic rings. The minimum Gasteiger partial charge on any atom is -0.394 e. The summed E-state index contributed by atoms with van der Waals surface area (Å²) in [5.74, 6) is 0.600. The summed E-state index contributed by atoms with van der Waals surface area (Å²) in [4.78, 5) is 0. The van der Waals surface area contributed by atoms with Crippen molar-refractivity contribution in [2.45, 2.75) is 25.5 Å². The first-order chi connectivity index (χ1) is 6.13. The zero-order valence-electron chi connectivity index (χ0n) is 9.29. The van der Waals surface area contributed by atoms with E-state index in [-0.39, 0.29) is 4.75 Å². The van der Waals surface area contributed by atoms with Gasteiger partial charge in [-0.3, -0.25) is 0 Å². The van der Waals surface area contributed by atoms with E-state index in [1.54, 1.807) is 0 Å². The first kappa shape index (κ1) is 12.6. The molecule has 0 saturated carbocycles. The average molecular weight is 199 g/mol. The number of hydrogen-bond acceptors (Lipinski definition) is 2. The van der Waals surface area contributed by atoms with Gasteiger partial charge in [0.05, 0.1) is 4.75 Å². The standard InChI is InChI=1S/C11H21NS/c1-6-7-11(13-5,10(2)3)8-9-12-4/h6-10,12H,1-5H3. The highest BCUT2D eigenvalue weighted by atomic mass is 32.2. The topological polar surface area (TPSA) is 12.0 Å². The SMILES string of the molecule is CC=CC(C=CNC)(SC)C(C)C. The van der Waals surface area contributed by atoms with Crippen LogP contribution in [0, 0.1) is 5.92 Å². The molecular weight excluding hydrogens is 178 g/mol. The van der Waals surface area contributed by atoms with E-state index in [2.05, 4.69) is 50.6 Å². The van der Waals surface area contributed by atoms with Crippen molar-refractivity contribution in [1.29, 1.82) is 0 Å². The van der Waals surface area contributed by atoms with Crippen LogP contribution in [-0.4, -0.2) is 18.1 Å². The molecule has 0 radical (unpaired) electrons. The Morgan fingerprint density at radius 2 is 1.92 bits per heavy atom. The lowest BCUT2D eigenvalue weighted by Crippen LogP contribution is -2.26. The van der Waals surface area contributed by atoms with E-state index >= 15 is 0 Å². The molecule has 0 aromatic carbocycles. The van der Waals surface area contributed by atoms with Gasteiger partial charge >= 0.3 is 0 Å². The highest BCUT2D eigenvalue weighted by molar-refractivity contribution is 8.00. The Hall–Kier alpha value is -0.370. The van der Waals surface area contributed by atoms with E-state index in [4.69, 9.17) is 0 Å². The number of thioether (sulfide) groups is 1. The Balaban J connectivity index is 4.75. The van der Waals surface area contributed by atoms with E-state index in [9.17, 15) is 0 Å². The summed E-state index contributed by atoms with van der Waals surface area (Å²) in [6.45, 7) is 6.56. The maximum Gasteiger partial charge on any atom is 0.0555 e. The summed E-state index contributed by atoms with van der Waals surface area (Å²) in [5.41, 5.74) is 0. The van der Waals surface area contributed by atoms with Gasteiger partial charge in [0.1, 0.15) is 0 Å². The molecule has 0 aliphatic heterocycles. The molecular formula is C11H21NS. The Morgan fingerprint density at radius 3 is 2.23 bits per heavy atom. The molecule has 0 spiro atoms. The van der Waals surface area contributed by atoms with Crippen LogP contribution in [0.15, 0.2) is 24.4 Å². The summed E-state index contributed by atoms with van der Waals surface area (Å²) in [6.07, 6.45) is 10.8. The van der Waals surface area contributed by atoms with Crippen LogP contribution < -0.4 is 5.32 Å². The lowest BCUT2D eigenvalue weighted by atomic mass is 9.94. The van der Waals surface area contributed by atoms with E-state index in [1.807, 2.05) is 25.0 Å². The fourth-order valence-corrected chi connectivity index (χ4v) is 2.23. The van der Waals surface area contributed by atoms with Crippen molar-refractivity contribution >= 4 is 11.8 Å². The maximum atomic E-state index is 3.04. The number of nitrogens with one attached hydrogen (secondary N) is 1. The van der Waals surface area contributed by atoms with Crippen LogP contribution in [0.25, 0.3) is 0 Å². The molecule has 0 aromatic rings. The molecule has 76 valence electrons. The van der Waals surface area contributed by atoms with Gasteiger partial charge < -0.3 is 5.32 Å². The second-order valence-corrected chi connectivity index (χ2v) is 4.45. The Labute approximate surface area is 86.7 Å². The highest BCUT2D eigenvalue weighted by Crippen LogP contribution is 2.34. The van der Waals surface area contributed by atoms with Gasteiger partial charge in [0.15, 0.2) is 0 Å². The molecule has 2 heteroatoms. The van der Waals surface area contributed by atoms with Crippen LogP contribution in [0.2, 0.25) is 0 Å². The molecule has 13 heavy (non-hydrogen) atoms. The highest BCUT2D eigenvalue weighted by Gasteiger charge is 2.26. The zero-order chi connectivity index (χ0) is 10.3. The summed E-state index contributed by atoms with van der Waals surface area (Å²) >= 11 is 1.88. The third-order valence-corrected chi connectivity index (χ3v) is 3.64. The Kier molecular flexibility index (Phi) is 5.97. The average Bonchev–Trinajstić information content (AvgIpc) is 2.12. The van der Waals surface area contributed by atoms with Crippen molar-refractivity contribution in [1.82, 2.24) is 5.32 Å². The van der Waals surface area contributed by atoms with E-state index in [0.717, 1.165) is 0 Å². The molecule has 0 aromatic heterocycles. The second-order valence-electron chi connectivity index (χ2n) is 3.33. The molecule has 0 rings (SSSR count). The van der Waals surface area contributed by atoms with E-state index in [0.29, 0.717) is 5.92 Å². The normalized spacial score (nSPS) is 17.1. The molecule has 0 aliphatic carbocycles. The van der Waals surface area contributed by atoms with Crippen LogP contribution in [0.3, 0.4) is 0 Å². The fraction of sp³-hybridized carbons (Fsp3) is 0.636. The quantitative estimate of drug-likeness (QED) is 0.683. The van der Waals surface area contributed by atoms with Gasteiger partial charge in [-0.05, 0) is 31.4 Å². The van der Waals surface area contributed by atoms with Gasteiger partial charge in [-0.15, -0.1) is 11.8 Å². The van der Waals surface area contributed by atoms with Crippen LogP contribution in [0.5, 0.6) is 0 Å². The first-order valence-electron chi connectivity index (χ1n) is 4.67. The molecule has 0 amide bonds. The van der Waals surface area contributed by atoms with Crippen molar-refractivity contribution in [2.24, 2.45) is 5.92 Å². The van der Waals surface area contributed by atoms with Crippen molar-refractivity contribution in [3.63, 3.8) is 0 Å². The lowest BCUT2D eigenvalue weighted by Gasteiger charge is -2.29. The third-order valence-electron chi connectivity index (χ3n) is 2.19. The Bertz CT molecular complexity index is 185. The molecule has 1 unspecified atom stereocenters. The van der Waals surface area contributed by atoms with Gasteiger partial charge in [-0.2, -0.15) is 0 Å². The molecule has 1 N–H and O–H groups in total. The summed E-state index contributed by atoms with van der Waals surface area (Å²) in [6, 6.07) is 0. The molecule has 0 fully saturated rings. The maximum absolute atomic E-state index is 3.04. The van der Waals surface area contributed by atoms with Gasteiger partial charge in [-0.1, -0.05) is 26.0 Å². The number of rotatable bonds is 5. The van der Waals surface area contributed by atoms with Crippen LogP contribution in [0.4, 0.5) is 0 Å². The van der Waals surface area contributed by atoms with E-state index < -0.39 is 0 Å². The largest absolute Gasteiger partial charge is 0.394 e. The van der Waals surface area contributed by atoms with Crippen molar-refractivity contribution in [2.75, 3.05) is 13.3 Å². The van der Waals surface area contributed by atoms with Gasteiger partial charge in [-0.25, -0.2) is 0 Å². The fourth-order valence-electron chi connectivity index (χ4n) is 1.29. The monoisotopic (exact) mass is 199 g/mol. The molecule has 0 bridgehead atoms. The lowest BCUT2D eigenvalue weighted by molar-refractivity contribution is 0.589. The van der Waals surface area contributed by atoms with Crippen LogP contribution >= 0.6 is 11.8 Å². The minimum absolute atomic E-state index is 0.137. The third kappa shape index (κ3) is 3.47. The smallest absolute Gasteiger partial charge is 0.0555 e. The molecule has 0 saturated heterocycles. The van der Waals surface area contributed by atoms with Crippen LogP contribution in [0.1, 0.15) is 20.8 Å². The van der Waals surface area contributed by atoms with Gasteiger partial charge in [0, 0.05) is 7.05 Å². The summed E-state index contributed by atoms with van der Waals surface area (Å²) in [5, 5.41) is 3.04. The van der Waals surface area contributed by atoms with Crippen molar-refractivity contribution in [3.8, 4) is 0 Å². The van der Waals surface area contributed by atoms with Crippen molar-refractivity contribution in [3.05, 3.63) is 24.4 Å². The summed E-state index contributed by atoms with van der Waals surface area (Å²) in [7, 11) is 1.93.